The summed E-state index contributed by atoms with van der Waals surface area (Å²) in [5.41, 5.74) is -0.0550. The number of carbonyl (C=O) groups excluding carboxylic acids is 2. The van der Waals surface area contributed by atoms with E-state index >= 15 is 0 Å². The van der Waals surface area contributed by atoms with E-state index in [9.17, 15) is 22.8 Å². The van der Waals surface area contributed by atoms with Gasteiger partial charge < -0.3 is 10.6 Å². The molecule has 146 valence electrons. The predicted octanol–water partition coefficient (Wildman–Crippen LogP) is 3.38. The number of benzene rings is 2. The molecule has 0 spiro atoms. The lowest BCUT2D eigenvalue weighted by Gasteiger charge is -2.13. The van der Waals surface area contributed by atoms with Crippen LogP contribution in [0.2, 0.25) is 0 Å². The molecule has 4 nitrogen and oxygen atoms in total. The number of amides is 2. The largest absolute Gasteiger partial charge is 0.416 e. The molecule has 2 aromatic carbocycles. The quantitative estimate of drug-likeness (QED) is 0.772. The third-order valence-electron chi connectivity index (χ3n) is 3.70. The van der Waals surface area contributed by atoms with Gasteiger partial charge in [-0.25, -0.2) is 0 Å². The Balaban J connectivity index is 1.79. The first-order valence-corrected chi connectivity index (χ1v) is 8.54. The van der Waals surface area contributed by atoms with E-state index in [4.69, 9.17) is 0 Å². The average Bonchev–Trinajstić information content (AvgIpc) is 2.65. The second-order valence-corrected chi connectivity index (χ2v) is 6.10. The lowest BCUT2D eigenvalue weighted by molar-refractivity contribution is -0.137. The van der Waals surface area contributed by atoms with Crippen molar-refractivity contribution in [2.45, 2.75) is 25.6 Å². The van der Waals surface area contributed by atoms with Crippen molar-refractivity contribution in [3.63, 3.8) is 0 Å². The lowest BCUT2D eigenvalue weighted by atomic mass is 10.1. The first-order valence-electron chi connectivity index (χ1n) is 8.54. The van der Waals surface area contributed by atoms with Gasteiger partial charge in [-0.15, -0.1) is 0 Å². The van der Waals surface area contributed by atoms with Crippen LogP contribution in [0.25, 0.3) is 0 Å². The lowest BCUT2D eigenvalue weighted by Crippen LogP contribution is -2.37. The summed E-state index contributed by atoms with van der Waals surface area (Å²) in [6, 6.07) is 12.9. The molecule has 0 aliphatic carbocycles. The zero-order chi connectivity index (χ0) is 20.6. The van der Waals surface area contributed by atoms with Gasteiger partial charge in [0.25, 0.3) is 5.91 Å². The number of hydrogen-bond donors (Lipinski definition) is 2. The topological polar surface area (TPSA) is 58.2 Å². The summed E-state index contributed by atoms with van der Waals surface area (Å²) in [5, 5.41) is 5.28. The standard InChI is InChI=1S/C21H19F3N2O2/c1-15(26-20(28)17-9-3-2-4-10-17)13-19(27)25-12-6-8-16-7-5-11-18(14-16)21(22,23)24/h2-5,7,9-11,14-15H,12-13H2,1H3,(H,25,27)(H,26,28). The van der Waals surface area contributed by atoms with Crippen molar-refractivity contribution in [3.05, 3.63) is 71.3 Å². The van der Waals surface area contributed by atoms with Gasteiger partial charge in [0.1, 0.15) is 0 Å². The Morgan fingerprint density at radius 2 is 1.79 bits per heavy atom. The van der Waals surface area contributed by atoms with Gasteiger partial charge >= 0.3 is 6.18 Å². The Morgan fingerprint density at radius 1 is 1.07 bits per heavy atom. The molecule has 0 bridgehead atoms. The van der Waals surface area contributed by atoms with Crippen LogP contribution in [0, 0.1) is 11.8 Å². The van der Waals surface area contributed by atoms with E-state index < -0.39 is 11.7 Å². The molecular formula is C21H19F3N2O2. The van der Waals surface area contributed by atoms with Crippen molar-refractivity contribution >= 4 is 11.8 Å². The van der Waals surface area contributed by atoms with Gasteiger partial charge in [-0.1, -0.05) is 36.1 Å². The molecule has 7 heteroatoms. The van der Waals surface area contributed by atoms with Crippen molar-refractivity contribution in [3.8, 4) is 11.8 Å². The summed E-state index contributed by atoms with van der Waals surface area (Å²) in [6.07, 6.45) is -4.37. The summed E-state index contributed by atoms with van der Waals surface area (Å²) in [5.74, 6) is 4.61. The summed E-state index contributed by atoms with van der Waals surface area (Å²) < 4.78 is 37.9. The second kappa shape index (κ2) is 9.60. The smallest absolute Gasteiger partial charge is 0.349 e. The monoisotopic (exact) mass is 388 g/mol. The second-order valence-electron chi connectivity index (χ2n) is 6.10. The highest BCUT2D eigenvalue weighted by Crippen LogP contribution is 2.29. The van der Waals surface area contributed by atoms with Gasteiger partial charge in [0.05, 0.1) is 12.1 Å². The van der Waals surface area contributed by atoms with Crippen LogP contribution in [0.15, 0.2) is 54.6 Å². The molecule has 0 radical (unpaired) electrons. The molecule has 2 aromatic rings. The van der Waals surface area contributed by atoms with Crippen LogP contribution in [-0.4, -0.2) is 24.4 Å². The Hall–Kier alpha value is -3.27. The Bertz CT molecular complexity index is 884. The van der Waals surface area contributed by atoms with Crippen molar-refractivity contribution < 1.29 is 22.8 Å². The van der Waals surface area contributed by atoms with Crippen LogP contribution in [0.3, 0.4) is 0 Å². The SMILES string of the molecule is CC(CC(=O)NCC#Cc1cccc(C(F)(F)F)c1)NC(=O)c1ccccc1. The minimum atomic E-state index is -4.42. The Kier molecular flexibility index (Phi) is 7.21. The van der Waals surface area contributed by atoms with Crippen LogP contribution in [0.1, 0.15) is 34.8 Å². The van der Waals surface area contributed by atoms with Crippen LogP contribution in [0.5, 0.6) is 0 Å². The molecule has 1 unspecified atom stereocenters. The zero-order valence-corrected chi connectivity index (χ0v) is 15.1. The molecule has 0 aliphatic rings. The molecule has 0 aromatic heterocycles. The van der Waals surface area contributed by atoms with Crippen LogP contribution in [0.4, 0.5) is 13.2 Å². The molecule has 0 saturated carbocycles. The molecule has 1 atom stereocenters. The highest BCUT2D eigenvalue weighted by atomic mass is 19.4. The van der Waals surface area contributed by atoms with Gasteiger partial charge in [0.15, 0.2) is 0 Å². The number of halogens is 3. The molecule has 0 heterocycles. The zero-order valence-electron chi connectivity index (χ0n) is 15.1. The summed E-state index contributed by atoms with van der Waals surface area (Å²) in [4.78, 5) is 23.9. The van der Waals surface area contributed by atoms with Crippen molar-refractivity contribution in [1.29, 1.82) is 0 Å². The number of nitrogens with one attached hydrogen (secondary N) is 2. The normalized spacial score (nSPS) is 11.7. The van der Waals surface area contributed by atoms with Crippen LogP contribution in [-0.2, 0) is 11.0 Å². The van der Waals surface area contributed by atoms with E-state index in [1.165, 1.54) is 12.1 Å². The minimum Gasteiger partial charge on any atom is -0.349 e. The first kappa shape index (κ1) is 21.0. The highest BCUT2D eigenvalue weighted by Gasteiger charge is 2.30. The number of rotatable bonds is 5. The third kappa shape index (κ3) is 6.80. The first-order chi connectivity index (χ1) is 13.3. The predicted molar refractivity (Wildman–Crippen MR) is 99.3 cm³/mol. The summed E-state index contributed by atoms with van der Waals surface area (Å²) >= 11 is 0. The molecular weight excluding hydrogens is 369 g/mol. The highest BCUT2D eigenvalue weighted by molar-refractivity contribution is 5.94. The van der Waals surface area contributed by atoms with Gasteiger partial charge in [-0.2, -0.15) is 13.2 Å². The van der Waals surface area contributed by atoms with Gasteiger partial charge in [0, 0.05) is 23.6 Å². The fraction of sp³-hybridized carbons (Fsp3) is 0.238. The van der Waals surface area contributed by atoms with Gasteiger partial charge in [-0.05, 0) is 37.3 Å². The van der Waals surface area contributed by atoms with E-state index in [0.717, 1.165) is 12.1 Å². The number of alkyl halides is 3. The average molecular weight is 388 g/mol. The van der Waals surface area contributed by atoms with E-state index in [1.807, 2.05) is 0 Å². The number of carbonyl (C=O) groups is 2. The van der Waals surface area contributed by atoms with E-state index in [1.54, 1.807) is 37.3 Å². The Labute approximate surface area is 161 Å². The molecule has 2 rings (SSSR count). The third-order valence-corrected chi connectivity index (χ3v) is 3.70. The van der Waals surface area contributed by atoms with E-state index in [2.05, 4.69) is 22.5 Å². The fourth-order valence-corrected chi connectivity index (χ4v) is 2.36. The van der Waals surface area contributed by atoms with Crippen molar-refractivity contribution in [2.24, 2.45) is 0 Å². The summed E-state index contributed by atoms with van der Waals surface area (Å²) in [6.45, 7) is 1.70. The van der Waals surface area contributed by atoms with Gasteiger partial charge in [-0.3, -0.25) is 9.59 Å². The molecule has 0 aliphatic heterocycles. The van der Waals surface area contributed by atoms with Crippen molar-refractivity contribution in [1.82, 2.24) is 10.6 Å². The van der Waals surface area contributed by atoms with Crippen LogP contribution < -0.4 is 10.6 Å². The minimum absolute atomic E-state index is 0.00553. The molecule has 2 amide bonds. The number of hydrogen-bond acceptors (Lipinski definition) is 2. The molecule has 0 saturated heterocycles. The summed E-state index contributed by atoms with van der Waals surface area (Å²) in [7, 11) is 0. The van der Waals surface area contributed by atoms with E-state index in [-0.39, 0.29) is 36.4 Å². The molecule has 0 fully saturated rings. The maximum Gasteiger partial charge on any atom is 0.416 e. The molecule has 28 heavy (non-hydrogen) atoms. The maximum atomic E-state index is 12.6. The Morgan fingerprint density at radius 3 is 2.46 bits per heavy atom. The van der Waals surface area contributed by atoms with Crippen LogP contribution >= 0.6 is 0 Å². The molecule has 2 N–H and O–H groups in total. The maximum absolute atomic E-state index is 12.6. The van der Waals surface area contributed by atoms with Crippen molar-refractivity contribution in [2.75, 3.05) is 6.54 Å². The fourth-order valence-electron chi connectivity index (χ4n) is 2.36. The van der Waals surface area contributed by atoms with Gasteiger partial charge in [0.2, 0.25) is 5.91 Å². The van der Waals surface area contributed by atoms with E-state index in [0.29, 0.717) is 5.56 Å².